The topological polar surface area (TPSA) is 58.1 Å². The summed E-state index contributed by atoms with van der Waals surface area (Å²) >= 11 is 1.49. The molecule has 0 atom stereocenters. The largest absolute Gasteiger partial charge is 0.310 e. The fourth-order valence-electron chi connectivity index (χ4n) is 2.30. The smallest absolute Gasteiger partial charge is 0.175 e. The standard InChI is InChI=1S/C20H22N4OS3/c1-24(2)10-11-26-27-14-19(25)16-5-8-20(22-13-16)23-28-17-6-7-18-15(12-17)4-3-9-21-18/h3-9,12-13H,10-11,14H2,1-2H3,(H,22,23). The number of benzene rings is 1. The average molecular weight is 431 g/mol. The molecule has 3 rings (SSSR count). The molecule has 0 aliphatic heterocycles. The maximum atomic E-state index is 12.2. The number of Topliss-reactive ketones (excluding diaryl/α,β-unsaturated/α-hetero) is 1. The Morgan fingerprint density at radius 1 is 1.11 bits per heavy atom. The number of nitrogens with zero attached hydrogens (tertiary/aromatic N) is 3. The predicted molar refractivity (Wildman–Crippen MR) is 123 cm³/mol. The van der Waals surface area contributed by atoms with Crippen LogP contribution in [0.25, 0.3) is 10.9 Å². The molecule has 1 N–H and O–H groups in total. The van der Waals surface area contributed by atoms with E-state index in [0.717, 1.165) is 33.9 Å². The van der Waals surface area contributed by atoms with E-state index in [1.54, 1.807) is 34.0 Å². The lowest BCUT2D eigenvalue weighted by atomic mass is 10.2. The Hall–Kier alpha value is -1.74. The number of hydrogen-bond acceptors (Lipinski definition) is 8. The van der Waals surface area contributed by atoms with Gasteiger partial charge in [0, 0.05) is 40.5 Å². The first-order valence-corrected chi connectivity index (χ1v) is 12.1. The van der Waals surface area contributed by atoms with Gasteiger partial charge in [0.1, 0.15) is 5.82 Å². The van der Waals surface area contributed by atoms with Gasteiger partial charge in [-0.2, -0.15) is 0 Å². The summed E-state index contributed by atoms with van der Waals surface area (Å²) in [5.41, 5.74) is 1.62. The van der Waals surface area contributed by atoms with Crippen molar-refractivity contribution in [1.29, 1.82) is 0 Å². The van der Waals surface area contributed by atoms with Gasteiger partial charge in [-0.1, -0.05) is 27.7 Å². The molecule has 0 unspecified atom stereocenters. The fraction of sp³-hybridized carbons (Fsp3) is 0.250. The molecule has 28 heavy (non-hydrogen) atoms. The summed E-state index contributed by atoms with van der Waals surface area (Å²) in [7, 11) is 7.42. The molecule has 0 radical (unpaired) electrons. The zero-order chi connectivity index (χ0) is 19.8. The average Bonchev–Trinajstić information content (AvgIpc) is 2.72. The number of hydrogen-bond donors (Lipinski definition) is 1. The maximum absolute atomic E-state index is 12.2. The molecule has 0 aliphatic carbocycles. The maximum Gasteiger partial charge on any atom is 0.175 e. The summed E-state index contributed by atoms with van der Waals surface area (Å²) in [5.74, 6) is 2.30. The van der Waals surface area contributed by atoms with Crippen LogP contribution in [0.5, 0.6) is 0 Å². The van der Waals surface area contributed by atoms with Crippen LogP contribution in [0.2, 0.25) is 0 Å². The number of rotatable bonds is 10. The third kappa shape index (κ3) is 6.41. The van der Waals surface area contributed by atoms with Crippen molar-refractivity contribution in [2.24, 2.45) is 0 Å². The van der Waals surface area contributed by atoms with Crippen molar-refractivity contribution in [3.05, 3.63) is 60.4 Å². The zero-order valence-corrected chi connectivity index (χ0v) is 18.2. The molecule has 0 fully saturated rings. The van der Waals surface area contributed by atoms with Gasteiger partial charge in [0.05, 0.1) is 11.3 Å². The predicted octanol–water partition coefficient (Wildman–Crippen LogP) is 4.87. The molecule has 1 aromatic carbocycles. The molecule has 2 aromatic heterocycles. The minimum Gasteiger partial charge on any atom is -0.310 e. The molecule has 5 nitrogen and oxygen atoms in total. The third-order valence-corrected chi connectivity index (χ3v) is 6.88. The van der Waals surface area contributed by atoms with Gasteiger partial charge < -0.3 is 9.62 Å². The van der Waals surface area contributed by atoms with E-state index in [0.29, 0.717) is 11.3 Å². The quantitative estimate of drug-likeness (QED) is 0.211. The molecule has 8 heteroatoms. The van der Waals surface area contributed by atoms with Gasteiger partial charge in [-0.05, 0) is 62.4 Å². The van der Waals surface area contributed by atoms with Crippen molar-refractivity contribution in [3.8, 4) is 0 Å². The second-order valence-corrected chi connectivity index (χ2v) is 9.77. The van der Waals surface area contributed by atoms with Crippen LogP contribution < -0.4 is 4.72 Å². The van der Waals surface area contributed by atoms with Gasteiger partial charge in [-0.3, -0.25) is 9.78 Å². The highest BCUT2D eigenvalue weighted by atomic mass is 33.1. The van der Waals surface area contributed by atoms with E-state index in [2.05, 4.69) is 25.7 Å². The molecule has 3 aromatic rings. The van der Waals surface area contributed by atoms with E-state index in [1.807, 2.05) is 50.5 Å². The van der Waals surface area contributed by atoms with Gasteiger partial charge in [0.15, 0.2) is 5.78 Å². The van der Waals surface area contributed by atoms with Crippen molar-refractivity contribution in [1.82, 2.24) is 14.9 Å². The molecule has 0 bridgehead atoms. The van der Waals surface area contributed by atoms with E-state index in [4.69, 9.17) is 0 Å². The monoisotopic (exact) mass is 430 g/mol. The number of anilines is 1. The van der Waals surface area contributed by atoms with E-state index in [9.17, 15) is 4.79 Å². The number of carbonyl (C=O) groups is 1. The van der Waals surface area contributed by atoms with Crippen molar-refractivity contribution in [2.45, 2.75) is 4.90 Å². The Morgan fingerprint density at radius 3 is 2.79 bits per heavy atom. The third-order valence-electron chi connectivity index (χ3n) is 3.83. The second kappa shape index (κ2) is 10.7. The molecule has 2 heterocycles. The van der Waals surface area contributed by atoms with E-state index in [-0.39, 0.29) is 5.78 Å². The summed E-state index contributed by atoms with van der Waals surface area (Å²) in [6.07, 6.45) is 3.43. The van der Waals surface area contributed by atoms with E-state index in [1.165, 1.54) is 11.9 Å². The van der Waals surface area contributed by atoms with Crippen molar-refractivity contribution >= 4 is 56.0 Å². The number of pyridine rings is 2. The van der Waals surface area contributed by atoms with Crippen LogP contribution in [-0.4, -0.2) is 52.8 Å². The normalized spacial score (nSPS) is 11.1. The Morgan fingerprint density at radius 2 is 2.00 bits per heavy atom. The minimum absolute atomic E-state index is 0.107. The Bertz CT molecular complexity index is 919. The van der Waals surface area contributed by atoms with Crippen molar-refractivity contribution in [2.75, 3.05) is 36.9 Å². The molecular formula is C20H22N4OS3. The van der Waals surface area contributed by atoms with Crippen LogP contribution >= 0.6 is 33.5 Å². The fourth-order valence-corrected chi connectivity index (χ4v) is 5.03. The summed E-state index contributed by atoms with van der Waals surface area (Å²) in [6, 6.07) is 13.8. The van der Waals surface area contributed by atoms with Crippen LogP contribution in [0.1, 0.15) is 10.4 Å². The first kappa shape index (κ1) is 21.0. The number of carbonyl (C=O) groups excluding carboxylic acids is 1. The Labute approximate surface area is 177 Å². The Kier molecular flexibility index (Phi) is 8.02. The summed E-state index contributed by atoms with van der Waals surface area (Å²) in [5, 5.41) is 1.10. The lowest BCUT2D eigenvalue weighted by Crippen LogP contribution is -2.14. The number of fused-ring (bicyclic) bond motifs is 1. The molecule has 0 aliphatic rings. The lowest BCUT2D eigenvalue weighted by Gasteiger charge is -2.08. The molecule has 0 amide bonds. The van der Waals surface area contributed by atoms with Crippen LogP contribution in [0, 0.1) is 0 Å². The Balaban J connectivity index is 1.47. The molecule has 0 saturated carbocycles. The van der Waals surface area contributed by atoms with E-state index >= 15 is 0 Å². The molecular weight excluding hydrogens is 408 g/mol. The highest BCUT2D eigenvalue weighted by Crippen LogP contribution is 2.24. The highest BCUT2D eigenvalue weighted by Gasteiger charge is 2.07. The second-order valence-electron chi connectivity index (χ2n) is 6.30. The number of ketones is 1. The van der Waals surface area contributed by atoms with Gasteiger partial charge in [-0.25, -0.2) is 4.98 Å². The number of aromatic nitrogens is 2. The molecule has 0 saturated heterocycles. The van der Waals surface area contributed by atoms with Crippen LogP contribution in [0.15, 0.2) is 59.8 Å². The lowest BCUT2D eigenvalue weighted by molar-refractivity contribution is 0.102. The first-order valence-electron chi connectivity index (χ1n) is 8.78. The SMILES string of the molecule is CN(C)CCSSCC(=O)c1ccc(NSc2ccc3ncccc3c2)nc1. The van der Waals surface area contributed by atoms with Crippen LogP contribution in [-0.2, 0) is 0 Å². The van der Waals surface area contributed by atoms with Crippen LogP contribution in [0.3, 0.4) is 0 Å². The van der Waals surface area contributed by atoms with Gasteiger partial charge in [0.2, 0.25) is 0 Å². The van der Waals surface area contributed by atoms with E-state index < -0.39 is 0 Å². The van der Waals surface area contributed by atoms with Gasteiger partial charge in [-0.15, -0.1) is 0 Å². The summed E-state index contributed by atoms with van der Waals surface area (Å²) in [4.78, 5) is 24.1. The molecule has 0 spiro atoms. The first-order chi connectivity index (χ1) is 13.6. The zero-order valence-electron chi connectivity index (χ0n) is 15.8. The van der Waals surface area contributed by atoms with Crippen molar-refractivity contribution in [3.63, 3.8) is 0 Å². The van der Waals surface area contributed by atoms with Gasteiger partial charge >= 0.3 is 0 Å². The minimum atomic E-state index is 0.107. The van der Waals surface area contributed by atoms with Crippen LogP contribution in [0.4, 0.5) is 5.82 Å². The van der Waals surface area contributed by atoms with Gasteiger partial charge in [0.25, 0.3) is 0 Å². The van der Waals surface area contributed by atoms with Crippen molar-refractivity contribution < 1.29 is 4.79 Å². The summed E-state index contributed by atoms with van der Waals surface area (Å²) < 4.78 is 3.22. The summed E-state index contributed by atoms with van der Waals surface area (Å²) in [6.45, 7) is 1.01. The number of nitrogens with one attached hydrogen (secondary N) is 1. The highest BCUT2D eigenvalue weighted by molar-refractivity contribution is 8.76. The molecule has 146 valence electrons.